The molecule has 1 saturated heterocycles. The third-order valence-corrected chi connectivity index (χ3v) is 3.80. The third kappa shape index (κ3) is 3.22. The minimum atomic E-state index is -0.370. The van der Waals surface area contributed by atoms with Crippen molar-refractivity contribution in [2.75, 3.05) is 33.3 Å². The molecule has 2 N–H and O–H groups in total. The van der Waals surface area contributed by atoms with Crippen LogP contribution in [0.4, 0.5) is 4.39 Å². The lowest BCUT2D eigenvalue weighted by Crippen LogP contribution is -2.45. The molecule has 0 saturated carbocycles. The van der Waals surface area contributed by atoms with Crippen molar-refractivity contribution in [2.24, 2.45) is 0 Å². The van der Waals surface area contributed by atoms with Gasteiger partial charge < -0.3 is 15.2 Å². The summed E-state index contributed by atoms with van der Waals surface area (Å²) in [6.07, 6.45) is 1.87. The second-order valence-electron chi connectivity index (χ2n) is 5.14. The van der Waals surface area contributed by atoms with Gasteiger partial charge in [0, 0.05) is 43.9 Å². The Morgan fingerprint density at radius 2 is 2.10 bits per heavy atom. The SMILES string of the molecule is CCC[C@H](c1cc(F)cc(OC)c1O)N1CCNCC1. The van der Waals surface area contributed by atoms with Crippen molar-refractivity contribution in [3.05, 3.63) is 23.5 Å². The van der Waals surface area contributed by atoms with Crippen molar-refractivity contribution < 1.29 is 14.2 Å². The average molecular weight is 282 g/mol. The second kappa shape index (κ2) is 6.90. The molecule has 1 fully saturated rings. The van der Waals surface area contributed by atoms with Crippen LogP contribution in [0.1, 0.15) is 31.4 Å². The Labute approximate surface area is 119 Å². The number of aromatic hydroxyl groups is 1. The standard InChI is InChI=1S/C15H23FN2O2/c1-3-4-13(18-7-5-17-6-8-18)12-9-11(16)10-14(20-2)15(12)19/h9-10,13,17,19H,3-8H2,1-2H3/t13-/m1/s1. The Balaban J connectivity index is 2.35. The monoisotopic (exact) mass is 282 g/mol. The van der Waals surface area contributed by atoms with Gasteiger partial charge in [-0.25, -0.2) is 4.39 Å². The molecule has 5 heteroatoms. The molecular formula is C15H23FN2O2. The number of ether oxygens (including phenoxy) is 1. The molecule has 1 atom stereocenters. The minimum absolute atomic E-state index is 0.0340. The maximum atomic E-state index is 13.7. The predicted octanol–water partition coefficient (Wildman–Crippen LogP) is 2.29. The van der Waals surface area contributed by atoms with Crippen molar-refractivity contribution in [1.82, 2.24) is 10.2 Å². The Bertz CT molecular complexity index is 448. The van der Waals surface area contributed by atoms with Crippen LogP contribution in [-0.4, -0.2) is 43.3 Å². The zero-order valence-electron chi connectivity index (χ0n) is 12.2. The zero-order valence-corrected chi connectivity index (χ0v) is 12.2. The highest BCUT2D eigenvalue weighted by Gasteiger charge is 2.26. The molecule has 1 aliphatic rings. The number of nitrogens with zero attached hydrogens (tertiary/aromatic N) is 1. The first-order valence-corrected chi connectivity index (χ1v) is 7.18. The first-order valence-electron chi connectivity index (χ1n) is 7.18. The smallest absolute Gasteiger partial charge is 0.163 e. The van der Waals surface area contributed by atoms with E-state index in [1.807, 2.05) is 0 Å². The summed E-state index contributed by atoms with van der Waals surface area (Å²) in [5.41, 5.74) is 0.630. The van der Waals surface area contributed by atoms with Crippen LogP contribution in [0.3, 0.4) is 0 Å². The average Bonchev–Trinajstić information content (AvgIpc) is 2.48. The van der Waals surface area contributed by atoms with E-state index in [1.165, 1.54) is 19.2 Å². The molecule has 0 aromatic heterocycles. The van der Waals surface area contributed by atoms with E-state index in [0.717, 1.165) is 39.0 Å². The van der Waals surface area contributed by atoms with Crippen LogP contribution in [0.15, 0.2) is 12.1 Å². The summed E-state index contributed by atoms with van der Waals surface area (Å²) in [6.45, 7) is 5.76. The van der Waals surface area contributed by atoms with Crippen molar-refractivity contribution in [3.8, 4) is 11.5 Å². The zero-order chi connectivity index (χ0) is 14.5. The molecule has 0 spiro atoms. The Morgan fingerprint density at radius 1 is 1.40 bits per heavy atom. The molecule has 1 aromatic rings. The van der Waals surface area contributed by atoms with E-state index < -0.39 is 0 Å². The van der Waals surface area contributed by atoms with E-state index in [9.17, 15) is 9.50 Å². The first kappa shape index (κ1) is 15.1. The Kier molecular flexibility index (Phi) is 5.20. The number of hydrogen-bond donors (Lipinski definition) is 2. The van der Waals surface area contributed by atoms with Gasteiger partial charge in [-0.05, 0) is 12.5 Å². The molecule has 0 bridgehead atoms. The maximum Gasteiger partial charge on any atom is 0.163 e. The van der Waals surface area contributed by atoms with Crippen LogP contribution >= 0.6 is 0 Å². The highest BCUT2D eigenvalue weighted by molar-refractivity contribution is 5.47. The molecule has 1 heterocycles. The molecule has 0 unspecified atom stereocenters. The molecule has 112 valence electrons. The molecule has 0 amide bonds. The minimum Gasteiger partial charge on any atom is -0.504 e. The number of hydrogen-bond acceptors (Lipinski definition) is 4. The number of halogens is 1. The van der Waals surface area contributed by atoms with E-state index in [0.29, 0.717) is 5.56 Å². The van der Waals surface area contributed by atoms with E-state index in [4.69, 9.17) is 4.74 Å². The van der Waals surface area contributed by atoms with Crippen LogP contribution in [0.25, 0.3) is 0 Å². The van der Waals surface area contributed by atoms with Crippen LogP contribution in [0.2, 0.25) is 0 Å². The quantitative estimate of drug-likeness (QED) is 0.870. The highest BCUT2D eigenvalue weighted by atomic mass is 19.1. The number of piperazine rings is 1. The number of methoxy groups -OCH3 is 1. The summed E-state index contributed by atoms with van der Waals surface area (Å²) in [4.78, 5) is 2.30. The summed E-state index contributed by atoms with van der Waals surface area (Å²) in [5.74, 6) is -0.104. The molecule has 0 radical (unpaired) electrons. The normalized spacial score (nSPS) is 17.9. The number of rotatable bonds is 5. The fourth-order valence-corrected chi connectivity index (χ4v) is 2.81. The molecular weight excluding hydrogens is 259 g/mol. The van der Waals surface area contributed by atoms with Crippen molar-refractivity contribution >= 4 is 0 Å². The maximum absolute atomic E-state index is 13.7. The van der Waals surface area contributed by atoms with Crippen LogP contribution in [-0.2, 0) is 0 Å². The molecule has 1 aliphatic heterocycles. The van der Waals surface area contributed by atoms with Gasteiger partial charge in [-0.2, -0.15) is 0 Å². The Morgan fingerprint density at radius 3 is 2.70 bits per heavy atom. The number of phenols is 1. The largest absolute Gasteiger partial charge is 0.504 e. The van der Waals surface area contributed by atoms with Crippen molar-refractivity contribution in [1.29, 1.82) is 0 Å². The number of benzene rings is 1. The van der Waals surface area contributed by atoms with Gasteiger partial charge in [-0.15, -0.1) is 0 Å². The first-order chi connectivity index (χ1) is 9.67. The molecule has 4 nitrogen and oxygen atoms in total. The molecule has 2 rings (SSSR count). The fraction of sp³-hybridized carbons (Fsp3) is 0.600. The lowest BCUT2D eigenvalue weighted by Gasteiger charge is -2.35. The second-order valence-corrected chi connectivity index (χ2v) is 5.14. The van der Waals surface area contributed by atoms with Crippen LogP contribution < -0.4 is 10.1 Å². The topological polar surface area (TPSA) is 44.7 Å². The van der Waals surface area contributed by atoms with E-state index >= 15 is 0 Å². The highest BCUT2D eigenvalue weighted by Crippen LogP contribution is 2.39. The van der Waals surface area contributed by atoms with Gasteiger partial charge in [-0.1, -0.05) is 13.3 Å². The summed E-state index contributed by atoms with van der Waals surface area (Å²) >= 11 is 0. The number of phenolic OH excluding ortho intramolecular Hbond substituents is 1. The van der Waals surface area contributed by atoms with Crippen molar-refractivity contribution in [3.63, 3.8) is 0 Å². The lowest BCUT2D eigenvalue weighted by atomic mass is 9.98. The van der Waals surface area contributed by atoms with Gasteiger partial charge in [0.05, 0.1) is 7.11 Å². The van der Waals surface area contributed by atoms with Gasteiger partial charge in [-0.3, -0.25) is 4.90 Å². The molecule has 20 heavy (non-hydrogen) atoms. The molecule has 1 aromatic carbocycles. The van der Waals surface area contributed by atoms with Crippen molar-refractivity contribution in [2.45, 2.75) is 25.8 Å². The van der Waals surface area contributed by atoms with Crippen LogP contribution in [0, 0.1) is 5.82 Å². The van der Waals surface area contributed by atoms with E-state index in [-0.39, 0.29) is 23.4 Å². The van der Waals surface area contributed by atoms with Gasteiger partial charge >= 0.3 is 0 Å². The molecule has 0 aliphatic carbocycles. The van der Waals surface area contributed by atoms with Gasteiger partial charge in [0.1, 0.15) is 5.82 Å². The summed E-state index contributed by atoms with van der Waals surface area (Å²) in [5, 5.41) is 13.6. The van der Waals surface area contributed by atoms with Gasteiger partial charge in [0.25, 0.3) is 0 Å². The van der Waals surface area contributed by atoms with Crippen LogP contribution in [0.5, 0.6) is 11.5 Å². The van der Waals surface area contributed by atoms with E-state index in [2.05, 4.69) is 17.1 Å². The van der Waals surface area contributed by atoms with E-state index in [1.54, 1.807) is 0 Å². The summed E-state index contributed by atoms with van der Waals surface area (Å²) < 4.78 is 18.8. The fourth-order valence-electron chi connectivity index (χ4n) is 2.81. The lowest BCUT2D eigenvalue weighted by molar-refractivity contribution is 0.161. The van der Waals surface area contributed by atoms with Gasteiger partial charge in [0.2, 0.25) is 0 Å². The Hall–Kier alpha value is -1.33. The summed E-state index contributed by atoms with van der Waals surface area (Å²) in [6, 6.07) is 2.69. The summed E-state index contributed by atoms with van der Waals surface area (Å²) in [7, 11) is 1.44. The number of nitrogens with one attached hydrogen (secondary N) is 1. The van der Waals surface area contributed by atoms with Gasteiger partial charge in [0.15, 0.2) is 11.5 Å². The third-order valence-electron chi connectivity index (χ3n) is 3.80. The predicted molar refractivity (Wildman–Crippen MR) is 76.7 cm³/mol.